The molecule has 3 atom stereocenters. The number of allylic oxidation sites excluding steroid dienone is 1. The average molecular weight is 581 g/mol. The Bertz CT molecular complexity index is 1560. The summed E-state index contributed by atoms with van der Waals surface area (Å²) in [6.07, 6.45) is 5.00. The van der Waals surface area contributed by atoms with Crippen molar-refractivity contribution in [2.24, 2.45) is 5.92 Å². The predicted octanol–water partition coefficient (Wildman–Crippen LogP) is 7.10. The van der Waals surface area contributed by atoms with Crippen molar-refractivity contribution in [1.29, 1.82) is 0 Å². The number of carbonyl (C=O) groups is 3. The van der Waals surface area contributed by atoms with Gasteiger partial charge in [-0.15, -0.1) is 0 Å². The second-order valence-electron chi connectivity index (χ2n) is 10.2. The molecule has 3 N–H and O–H groups in total. The maximum Gasteiger partial charge on any atom is 0.409 e. The lowest BCUT2D eigenvalue weighted by Crippen LogP contribution is -2.35. The Morgan fingerprint density at radius 3 is 2.71 bits per heavy atom. The summed E-state index contributed by atoms with van der Waals surface area (Å²) in [7, 11) is 0. The third-order valence-electron chi connectivity index (χ3n) is 7.47. The van der Waals surface area contributed by atoms with E-state index in [-0.39, 0.29) is 34.7 Å². The molecule has 8 nitrogen and oxygen atoms in total. The van der Waals surface area contributed by atoms with Crippen molar-refractivity contribution >= 4 is 40.9 Å². The van der Waals surface area contributed by atoms with Crippen LogP contribution in [0, 0.1) is 17.6 Å². The summed E-state index contributed by atoms with van der Waals surface area (Å²) in [5, 5.41) is 14.2. The third-order valence-corrected chi connectivity index (χ3v) is 7.76. The van der Waals surface area contributed by atoms with Crippen LogP contribution in [0.25, 0.3) is 11.1 Å². The van der Waals surface area contributed by atoms with Gasteiger partial charge in [0.1, 0.15) is 11.6 Å². The SMILES string of the molecule is C[C@@H]1CCC[C@H](N2C=CC(c3c(F)ccc(Cl)c3F)CC2=O)c2cc(ccn2)-c2ccc(NC(=O)O)cc2NC1=O. The van der Waals surface area contributed by atoms with Gasteiger partial charge in [-0.2, -0.15) is 0 Å². The highest BCUT2D eigenvalue weighted by molar-refractivity contribution is 6.30. The number of carboxylic acid groups (broad SMARTS) is 1. The highest BCUT2D eigenvalue weighted by Crippen LogP contribution is 2.39. The molecular weight excluding hydrogens is 554 g/mol. The summed E-state index contributed by atoms with van der Waals surface area (Å²) in [5.41, 5.74) is 2.46. The predicted molar refractivity (Wildman–Crippen MR) is 150 cm³/mol. The molecule has 3 amide bonds. The van der Waals surface area contributed by atoms with E-state index in [1.54, 1.807) is 54.6 Å². The number of nitrogens with one attached hydrogen (secondary N) is 2. The number of halogens is 3. The molecule has 0 aliphatic carbocycles. The van der Waals surface area contributed by atoms with Crippen LogP contribution in [0.4, 0.5) is 25.0 Å². The first-order valence-electron chi connectivity index (χ1n) is 13.2. The largest absolute Gasteiger partial charge is 0.465 e. The number of carbonyl (C=O) groups excluding carboxylic acids is 2. The van der Waals surface area contributed by atoms with E-state index in [0.29, 0.717) is 47.5 Å². The number of anilines is 2. The van der Waals surface area contributed by atoms with E-state index in [2.05, 4.69) is 15.6 Å². The van der Waals surface area contributed by atoms with Crippen LogP contribution in [0.2, 0.25) is 5.02 Å². The van der Waals surface area contributed by atoms with Gasteiger partial charge in [0.2, 0.25) is 11.8 Å². The van der Waals surface area contributed by atoms with E-state index >= 15 is 0 Å². The molecule has 3 aromatic rings. The van der Waals surface area contributed by atoms with Gasteiger partial charge in [-0.25, -0.2) is 13.6 Å². The molecule has 11 heteroatoms. The number of hydrogen-bond donors (Lipinski definition) is 3. The van der Waals surface area contributed by atoms with Crippen LogP contribution in [0.3, 0.4) is 0 Å². The number of aromatic nitrogens is 1. The van der Waals surface area contributed by atoms with Crippen LogP contribution in [0.1, 0.15) is 55.8 Å². The summed E-state index contributed by atoms with van der Waals surface area (Å²) < 4.78 is 29.2. The van der Waals surface area contributed by atoms with Gasteiger partial charge < -0.3 is 15.3 Å². The Balaban J connectivity index is 1.53. The van der Waals surface area contributed by atoms with Gasteiger partial charge in [-0.3, -0.25) is 19.9 Å². The van der Waals surface area contributed by atoms with Crippen molar-refractivity contribution in [3.8, 4) is 11.1 Å². The topological polar surface area (TPSA) is 112 Å². The highest BCUT2D eigenvalue weighted by Gasteiger charge is 2.33. The summed E-state index contributed by atoms with van der Waals surface area (Å²) in [6.45, 7) is 1.80. The van der Waals surface area contributed by atoms with E-state index in [9.17, 15) is 23.2 Å². The van der Waals surface area contributed by atoms with Crippen molar-refractivity contribution in [1.82, 2.24) is 9.88 Å². The van der Waals surface area contributed by atoms with Crippen LogP contribution in [-0.2, 0) is 9.59 Å². The van der Waals surface area contributed by atoms with Crippen molar-refractivity contribution in [3.63, 3.8) is 0 Å². The van der Waals surface area contributed by atoms with Crippen molar-refractivity contribution in [3.05, 3.63) is 88.9 Å². The molecule has 41 heavy (non-hydrogen) atoms. The van der Waals surface area contributed by atoms with Gasteiger partial charge in [0.05, 0.1) is 22.4 Å². The van der Waals surface area contributed by atoms with Gasteiger partial charge in [0.15, 0.2) is 0 Å². The normalized spacial score (nSPS) is 20.9. The van der Waals surface area contributed by atoms with Crippen LogP contribution in [0.15, 0.2) is 60.9 Å². The number of fused-ring (bicyclic) bond motifs is 4. The number of amides is 3. The highest BCUT2D eigenvalue weighted by atomic mass is 35.5. The van der Waals surface area contributed by atoms with Crippen molar-refractivity contribution in [2.45, 2.75) is 44.6 Å². The fourth-order valence-electron chi connectivity index (χ4n) is 5.33. The van der Waals surface area contributed by atoms with E-state index in [1.807, 2.05) is 6.07 Å². The number of nitrogens with zero attached hydrogens (tertiary/aromatic N) is 2. The molecule has 2 bridgehead atoms. The Morgan fingerprint density at radius 2 is 1.95 bits per heavy atom. The quantitative estimate of drug-likeness (QED) is 0.286. The maximum atomic E-state index is 14.7. The second kappa shape index (κ2) is 11.7. The molecule has 0 fully saturated rings. The Kier molecular flexibility index (Phi) is 8.03. The summed E-state index contributed by atoms with van der Waals surface area (Å²) in [5.74, 6) is -3.36. The summed E-state index contributed by atoms with van der Waals surface area (Å²) >= 11 is 5.88. The standard InChI is InChI=1S/C30H27ClF2N4O4/c1-16-3-2-4-25(37-12-10-18(14-26(37)38)27-22(32)8-7-21(31)28(27)33)24-13-17(9-11-34-24)20-6-5-19(35-30(40)41)15-23(20)36-29(16)39/h5-13,15-16,18,25,35H,2-4,14H2,1H3,(H,36,39)(H,40,41)/t16-,18?,25+/m1/s1. The van der Waals surface area contributed by atoms with E-state index < -0.39 is 29.7 Å². The van der Waals surface area contributed by atoms with Crippen LogP contribution >= 0.6 is 11.6 Å². The van der Waals surface area contributed by atoms with E-state index in [1.165, 1.54) is 0 Å². The van der Waals surface area contributed by atoms with Gasteiger partial charge in [0, 0.05) is 47.5 Å². The molecule has 5 rings (SSSR count). The Labute approximate surface area is 240 Å². The fraction of sp³-hybridized carbons (Fsp3) is 0.267. The van der Waals surface area contributed by atoms with Gasteiger partial charge in [-0.1, -0.05) is 37.1 Å². The second-order valence-corrected chi connectivity index (χ2v) is 10.6. The molecular formula is C30H27ClF2N4O4. The number of hydrogen-bond acceptors (Lipinski definition) is 4. The monoisotopic (exact) mass is 580 g/mol. The summed E-state index contributed by atoms with van der Waals surface area (Å²) in [6, 6.07) is 10.2. The lowest BCUT2D eigenvalue weighted by atomic mass is 9.90. The first-order chi connectivity index (χ1) is 19.6. The summed E-state index contributed by atoms with van der Waals surface area (Å²) in [4.78, 5) is 43.8. The molecule has 212 valence electrons. The third kappa shape index (κ3) is 5.92. The average Bonchev–Trinajstić information content (AvgIpc) is 2.93. The first kappa shape index (κ1) is 28.2. The Hall–Kier alpha value is -4.31. The van der Waals surface area contributed by atoms with Crippen LogP contribution < -0.4 is 10.6 Å². The minimum atomic E-state index is -1.23. The zero-order valence-electron chi connectivity index (χ0n) is 22.0. The minimum Gasteiger partial charge on any atom is -0.465 e. The molecule has 0 saturated heterocycles. The minimum absolute atomic E-state index is 0.151. The zero-order chi connectivity index (χ0) is 29.3. The Morgan fingerprint density at radius 1 is 1.15 bits per heavy atom. The number of pyridine rings is 1. The maximum absolute atomic E-state index is 14.7. The molecule has 2 aliphatic heterocycles. The molecule has 1 aromatic heterocycles. The molecule has 3 heterocycles. The molecule has 2 aliphatic rings. The van der Waals surface area contributed by atoms with Crippen molar-refractivity contribution < 1.29 is 28.3 Å². The lowest BCUT2D eigenvalue weighted by Gasteiger charge is -2.34. The molecule has 0 saturated carbocycles. The van der Waals surface area contributed by atoms with E-state index in [0.717, 1.165) is 12.1 Å². The van der Waals surface area contributed by atoms with Crippen LogP contribution in [0.5, 0.6) is 0 Å². The molecule has 0 spiro atoms. The van der Waals surface area contributed by atoms with Gasteiger partial charge >= 0.3 is 6.09 Å². The molecule has 2 aromatic carbocycles. The molecule has 0 radical (unpaired) electrons. The number of benzene rings is 2. The van der Waals surface area contributed by atoms with Crippen molar-refractivity contribution in [2.75, 3.05) is 10.6 Å². The van der Waals surface area contributed by atoms with Gasteiger partial charge in [-0.05, 0) is 54.8 Å². The smallest absolute Gasteiger partial charge is 0.409 e. The zero-order valence-corrected chi connectivity index (χ0v) is 22.8. The van der Waals surface area contributed by atoms with Crippen LogP contribution in [-0.4, -0.2) is 32.9 Å². The first-order valence-corrected chi connectivity index (χ1v) is 13.5. The lowest BCUT2D eigenvalue weighted by molar-refractivity contribution is -0.131. The van der Waals surface area contributed by atoms with E-state index in [4.69, 9.17) is 16.7 Å². The number of rotatable bonds is 3. The fourth-order valence-corrected chi connectivity index (χ4v) is 5.50. The van der Waals surface area contributed by atoms with Gasteiger partial charge in [0.25, 0.3) is 0 Å². The molecule has 1 unspecified atom stereocenters.